The lowest BCUT2D eigenvalue weighted by atomic mass is 9.78. The summed E-state index contributed by atoms with van der Waals surface area (Å²) in [5.41, 5.74) is 2.48. The van der Waals surface area contributed by atoms with Gasteiger partial charge in [-0.05, 0) is 55.8 Å². The molecule has 0 aliphatic carbocycles. The van der Waals surface area contributed by atoms with Gasteiger partial charge in [-0.25, -0.2) is 0 Å². The molecule has 134 valence electrons. The predicted octanol–water partition coefficient (Wildman–Crippen LogP) is 6.52. The van der Waals surface area contributed by atoms with Gasteiger partial charge in [-0.2, -0.15) is 0 Å². The zero-order valence-corrected chi connectivity index (χ0v) is 18.1. The Morgan fingerprint density at radius 2 is 1.15 bits per heavy atom. The van der Waals surface area contributed by atoms with Gasteiger partial charge in [0.05, 0.1) is 13.2 Å². The first kappa shape index (κ1) is 18.1. The van der Waals surface area contributed by atoms with Gasteiger partial charge in [0.15, 0.2) is 11.5 Å². The molecule has 0 fully saturated rings. The van der Waals surface area contributed by atoms with Crippen LogP contribution in [0.1, 0.15) is 11.1 Å². The predicted molar refractivity (Wildman–Crippen MR) is 113 cm³/mol. The second kappa shape index (κ2) is 7.75. The quantitative estimate of drug-likeness (QED) is 0.412. The zero-order valence-electron chi connectivity index (χ0n) is 14.1. The van der Waals surface area contributed by atoms with Crippen molar-refractivity contribution in [2.24, 2.45) is 5.41 Å². The third-order valence-corrected chi connectivity index (χ3v) is 7.05. The summed E-state index contributed by atoms with van der Waals surface area (Å²) in [5, 5.41) is 0. The number of hydrogen-bond donors (Lipinski definition) is 0. The van der Waals surface area contributed by atoms with E-state index in [1.807, 2.05) is 0 Å². The molecule has 0 spiro atoms. The van der Waals surface area contributed by atoms with Crippen LogP contribution in [-0.4, -0.2) is 13.2 Å². The maximum absolute atomic E-state index is 6.27. The second-order valence-corrected chi connectivity index (χ2v) is 10.4. The van der Waals surface area contributed by atoms with Crippen LogP contribution in [0.2, 0.25) is 0 Å². The van der Waals surface area contributed by atoms with E-state index < -0.39 is 0 Å². The fraction of sp³-hybridized carbons (Fsp3) is 0.238. The minimum absolute atomic E-state index is 0.127. The molecule has 1 aliphatic rings. The van der Waals surface area contributed by atoms with E-state index in [1.54, 1.807) is 11.3 Å². The van der Waals surface area contributed by atoms with Crippen LogP contribution in [0.4, 0.5) is 0 Å². The molecule has 0 N–H and O–H groups in total. The summed E-state index contributed by atoms with van der Waals surface area (Å²) in [6.07, 6.45) is 1.82. The van der Waals surface area contributed by atoms with Gasteiger partial charge in [0, 0.05) is 5.41 Å². The number of halogens is 2. The Morgan fingerprint density at radius 1 is 0.731 bits per heavy atom. The zero-order chi connectivity index (χ0) is 18.0. The van der Waals surface area contributed by atoms with Gasteiger partial charge in [0.2, 0.25) is 0 Å². The van der Waals surface area contributed by atoms with Gasteiger partial charge in [0.1, 0.15) is 7.57 Å². The molecule has 1 aromatic heterocycles. The van der Waals surface area contributed by atoms with Crippen LogP contribution < -0.4 is 9.47 Å². The van der Waals surface area contributed by atoms with E-state index in [0.29, 0.717) is 13.2 Å². The maximum atomic E-state index is 6.27. The maximum Gasteiger partial charge on any atom is 0.187 e. The first-order valence-corrected chi connectivity index (χ1v) is 10.9. The second-order valence-electron chi connectivity index (χ2n) is 6.71. The lowest BCUT2D eigenvalue weighted by molar-refractivity contribution is 0.102. The van der Waals surface area contributed by atoms with Crippen LogP contribution in [-0.2, 0) is 12.8 Å². The molecule has 5 heteroatoms. The highest BCUT2D eigenvalue weighted by Gasteiger charge is 2.37. The van der Waals surface area contributed by atoms with Crippen molar-refractivity contribution in [2.75, 3.05) is 13.2 Å². The molecule has 0 radical (unpaired) electrons. The summed E-state index contributed by atoms with van der Waals surface area (Å²) in [6, 6.07) is 21.2. The van der Waals surface area contributed by atoms with Crippen molar-refractivity contribution in [1.82, 2.24) is 0 Å². The summed E-state index contributed by atoms with van der Waals surface area (Å²) in [4.78, 5) is 0. The lowest BCUT2D eigenvalue weighted by Gasteiger charge is -2.31. The summed E-state index contributed by atoms with van der Waals surface area (Å²) >= 11 is 8.77. The van der Waals surface area contributed by atoms with Crippen molar-refractivity contribution in [3.05, 3.63) is 79.4 Å². The molecule has 0 unspecified atom stereocenters. The van der Waals surface area contributed by atoms with Crippen molar-refractivity contribution in [3.63, 3.8) is 0 Å². The minimum Gasteiger partial charge on any atom is -0.487 e. The third kappa shape index (κ3) is 3.85. The molecule has 0 bridgehead atoms. The number of fused-ring (bicyclic) bond motifs is 1. The first-order valence-electron chi connectivity index (χ1n) is 8.46. The SMILES string of the molecule is Brc1sc(Br)c2c1OCC(Cc1ccccc1)(Cc1ccccc1)CO2. The Bertz CT molecular complexity index is 806. The Morgan fingerprint density at radius 3 is 1.58 bits per heavy atom. The number of benzene rings is 2. The van der Waals surface area contributed by atoms with Crippen molar-refractivity contribution in [2.45, 2.75) is 12.8 Å². The van der Waals surface area contributed by atoms with E-state index in [4.69, 9.17) is 9.47 Å². The molecule has 0 saturated heterocycles. The molecule has 3 aromatic rings. The average molecular weight is 494 g/mol. The largest absolute Gasteiger partial charge is 0.487 e. The molecule has 0 amide bonds. The minimum atomic E-state index is -0.127. The Balaban J connectivity index is 1.66. The van der Waals surface area contributed by atoms with Gasteiger partial charge in [0.25, 0.3) is 0 Å². The number of hydrogen-bond acceptors (Lipinski definition) is 3. The van der Waals surface area contributed by atoms with Crippen LogP contribution in [0.15, 0.2) is 68.2 Å². The summed E-state index contributed by atoms with van der Waals surface area (Å²) in [5.74, 6) is 1.62. The van der Waals surface area contributed by atoms with Crippen molar-refractivity contribution < 1.29 is 9.47 Å². The standard InChI is InChI=1S/C21H18Br2O2S/c22-19-17-18(20(23)26-19)25-14-21(13-24-17,11-15-7-3-1-4-8-15)12-16-9-5-2-6-10-16/h1-10H,11-14H2. The van der Waals surface area contributed by atoms with Gasteiger partial charge >= 0.3 is 0 Å². The topological polar surface area (TPSA) is 18.5 Å². The number of ether oxygens (including phenoxy) is 2. The highest BCUT2D eigenvalue weighted by molar-refractivity contribution is 9.12. The van der Waals surface area contributed by atoms with Crippen LogP contribution >= 0.6 is 43.2 Å². The van der Waals surface area contributed by atoms with Crippen LogP contribution in [0.25, 0.3) is 0 Å². The number of thiophene rings is 1. The van der Waals surface area contributed by atoms with Gasteiger partial charge in [-0.1, -0.05) is 60.7 Å². The van der Waals surface area contributed by atoms with Crippen molar-refractivity contribution in [3.8, 4) is 11.5 Å². The Hall–Kier alpha value is -1.30. The van der Waals surface area contributed by atoms with Crippen LogP contribution in [0, 0.1) is 5.41 Å². The normalized spacial score (nSPS) is 15.5. The summed E-state index contributed by atoms with van der Waals surface area (Å²) < 4.78 is 14.5. The molecule has 4 rings (SSSR count). The third-order valence-electron chi connectivity index (χ3n) is 4.63. The van der Waals surface area contributed by atoms with Crippen molar-refractivity contribution in [1.29, 1.82) is 0 Å². The fourth-order valence-electron chi connectivity index (χ4n) is 3.41. The summed E-state index contributed by atoms with van der Waals surface area (Å²) in [6.45, 7) is 1.23. The van der Waals surface area contributed by atoms with Crippen molar-refractivity contribution >= 4 is 43.2 Å². The van der Waals surface area contributed by atoms with E-state index in [1.165, 1.54) is 11.1 Å². The van der Waals surface area contributed by atoms with Gasteiger partial charge < -0.3 is 9.47 Å². The smallest absolute Gasteiger partial charge is 0.187 e. The molecule has 0 saturated carbocycles. The van der Waals surface area contributed by atoms with Crippen LogP contribution in [0.3, 0.4) is 0 Å². The monoisotopic (exact) mass is 492 g/mol. The molecule has 0 atom stereocenters. The van der Waals surface area contributed by atoms with E-state index in [9.17, 15) is 0 Å². The van der Waals surface area contributed by atoms with E-state index in [2.05, 4.69) is 92.5 Å². The van der Waals surface area contributed by atoms with E-state index >= 15 is 0 Å². The molecule has 26 heavy (non-hydrogen) atoms. The van der Waals surface area contributed by atoms with Gasteiger partial charge in [-0.15, -0.1) is 11.3 Å². The Kier molecular flexibility index (Phi) is 5.39. The molecule has 2 heterocycles. The fourth-order valence-corrected chi connectivity index (χ4v) is 6.27. The molecule has 1 aliphatic heterocycles. The average Bonchev–Trinajstić information content (AvgIpc) is 2.80. The first-order chi connectivity index (χ1) is 12.7. The highest BCUT2D eigenvalue weighted by Crippen LogP contribution is 2.51. The Labute approximate surface area is 174 Å². The summed E-state index contributed by atoms with van der Waals surface area (Å²) in [7, 11) is 0. The highest BCUT2D eigenvalue weighted by atomic mass is 79.9. The molecular weight excluding hydrogens is 476 g/mol. The van der Waals surface area contributed by atoms with E-state index in [0.717, 1.165) is 31.9 Å². The lowest BCUT2D eigenvalue weighted by Crippen LogP contribution is -2.38. The van der Waals surface area contributed by atoms with Crippen LogP contribution in [0.5, 0.6) is 11.5 Å². The number of rotatable bonds is 4. The molecule has 2 aromatic carbocycles. The molecular formula is C21H18Br2O2S. The van der Waals surface area contributed by atoms with E-state index in [-0.39, 0.29) is 5.41 Å². The molecule has 2 nitrogen and oxygen atoms in total. The van der Waals surface area contributed by atoms with Gasteiger partial charge in [-0.3, -0.25) is 0 Å².